The average molecular weight is 455 g/mol. The Morgan fingerprint density at radius 1 is 0.906 bits per heavy atom. The summed E-state index contributed by atoms with van der Waals surface area (Å²) in [5.74, 6) is 0.794. The second kappa shape index (κ2) is 8.60. The van der Waals surface area contributed by atoms with E-state index in [4.69, 9.17) is 4.74 Å². The van der Waals surface area contributed by atoms with Crippen LogP contribution in [0.2, 0.25) is 0 Å². The largest absolute Gasteiger partial charge is 0.495 e. The Morgan fingerprint density at radius 3 is 2.16 bits per heavy atom. The molecule has 32 heavy (non-hydrogen) atoms. The second-order valence-corrected chi connectivity index (χ2v) is 10.8. The molecule has 1 aliphatic rings. The third-order valence-electron chi connectivity index (χ3n) is 5.69. The zero-order valence-corrected chi connectivity index (χ0v) is 19.8. The van der Waals surface area contributed by atoms with Crippen molar-refractivity contribution >= 4 is 15.7 Å². The predicted octanol–water partition coefficient (Wildman–Crippen LogP) is 3.69. The van der Waals surface area contributed by atoms with E-state index in [1.807, 2.05) is 75.4 Å². The Balaban J connectivity index is 1.62. The highest BCUT2D eigenvalue weighted by molar-refractivity contribution is 7.89. The molecule has 3 aromatic rings. The minimum atomic E-state index is -3.69. The first kappa shape index (κ1) is 22.4. The van der Waals surface area contributed by atoms with Crippen molar-refractivity contribution in [3.8, 4) is 11.4 Å². The first-order valence-electron chi connectivity index (χ1n) is 10.8. The number of hydrogen-bond acceptors (Lipinski definition) is 5. The molecular weight excluding hydrogens is 424 g/mol. The predicted molar refractivity (Wildman–Crippen MR) is 126 cm³/mol. The van der Waals surface area contributed by atoms with Crippen LogP contribution < -0.4 is 9.64 Å². The number of anilines is 1. The molecule has 1 saturated heterocycles. The van der Waals surface area contributed by atoms with Gasteiger partial charge in [0.15, 0.2) is 0 Å². The number of sulfonamides is 1. The molecular formula is C24H30N4O3S. The fourth-order valence-electron chi connectivity index (χ4n) is 3.98. The molecule has 4 rings (SSSR count). The Morgan fingerprint density at radius 2 is 1.53 bits per heavy atom. The van der Waals surface area contributed by atoms with Crippen LogP contribution in [0.25, 0.3) is 5.69 Å². The lowest BCUT2D eigenvalue weighted by Gasteiger charge is -2.36. The lowest BCUT2D eigenvalue weighted by Crippen LogP contribution is -2.49. The molecule has 0 spiro atoms. The molecule has 0 N–H and O–H groups in total. The molecule has 2 aromatic carbocycles. The van der Waals surface area contributed by atoms with Gasteiger partial charge < -0.3 is 9.64 Å². The van der Waals surface area contributed by atoms with Gasteiger partial charge in [0.1, 0.15) is 10.6 Å². The van der Waals surface area contributed by atoms with Gasteiger partial charge in [-0.05, 0) is 24.3 Å². The maximum atomic E-state index is 13.7. The molecule has 0 bridgehead atoms. The van der Waals surface area contributed by atoms with Crippen LogP contribution in [0.5, 0.6) is 5.75 Å². The van der Waals surface area contributed by atoms with Crippen molar-refractivity contribution in [1.29, 1.82) is 0 Å². The molecule has 170 valence electrons. The van der Waals surface area contributed by atoms with Crippen LogP contribution in [0.15, 0.2) is 65.7 Å². The number of ether oxygens (including phenoxy) is 1. The highest BCUT2D eigenvalue weighted by Gasteiger charge is 2.36. The Kier molecular flexibility index (Phi) is 6.01. The number of hydrogen-bond donors (Lipinski definition) is 0. The van der Waals surface area contributed by atoms with Gasteiger partial charge in [0.25, 0.3) is 0 Å². The number of para-hydroxylation sites is 3. The van der Waals surface area contributed by atoms with Gasteiger partial charge in [0.05, 0.1) is 30.4 Å². The molecule has 1 fully saturated rings. The van der Waals surface area contributed by atoms with Gasteiger partial charge in [-0.2, -0.15) is 9.40 Å². The highest BCUT2D eigenvalue weighted by atomic mass is 32.2. The summed E-state index contributed by atoms with van der Waals surface area (Å²) in [4.78, 5) is 2.45. The standard InChI is InChI=1S/C24H30N4O3S/c1-24(2,3)23-22(18-28(25-23)19-10-6-5-7-11-19)32(29,30)27-16-14-26(15-17-27)20-12-8-9-13-21(20)31-4/h5-13,18H,14-17H2,1-4H3. The summed E-state index contributed by atoms with van der Waals surface area (Å²) in [6.45, 7) is 7.96. The normalized spacial score (nSPS) is 15.7. The minimum absolute atomic E-state index is 0.277. The molecule has 0 radical (unpaired) electrons. The summed E-state index contributed by atoms with van der Waals surface area (Å²) in [5, 5.41) is 4.68. The van der Waals surface area contributed by atoms with Gasteiger partial charge >= 0.3 is 0 Å². The molecule has 0 amide bonds. The maximum absolute atomic E-state index is 13.7. The van der Waals surface area contributed by atoms with Crippen LogP contribution in [0.4, 0.5) is 5.69 Å². The van der Waals surface area contributed by atoms with Crippen LogP contribution in [0, 0.1) is 0 Å². The molecule has 0 atom stereocenters. The summed E-state index contributed by atoms with van der Waals surface area (Å²) in [6, 6.07) is 17.4. The number of nitrogens with zero attached hydrogens (tertiary/aromatic N) is 4. The van der Waals surface area contributed by atoms with Crippen molar-refractivity contribution in [1.82, 2.24) is 14.1 Å². The maximum Gasteiger partial charge on any atom is 0.246 e. The van der Waals surface area contributed by atoms with Gasteiger partial charge in [-0.3, -0.25) is 0 Å². The molecule has 7 nitrogen and oxygen atoms in total. The third kappa shape index (κ3) is 4.25. The van der Waals surface area contributed by atoms with Crippen molar-refractivity contribution < 1.29 is 13.2 Å². The Bertz CT molecular complexity index is 1180. The van der Waals surface area contributed by atoms with Crippen molar-refractivity contribution in [3.63, 3.8) is 0 Å². The average Bonchev–Trinajstić information content (AvgIpc) is 3.27. The summed E-state index contributed by atoms with van der Waals surface area (Å²) < 4.78 is 36.1. The number of rotatable bonds is 5. The number of benzene rings is 2. The fourth-order valence-corrected chi connectivity index (χ4v) is 5.73. The zero-order valence-electron chi connectivity index (χ0n) is 19.0. The Hall–Kier alpha value is -2.84. The molecule has 0 saturated carbocycles. The minimum Gasteiger partial charge on any atom is -0.495 e. The lowest BCUT2D eigenvalue weighted by molar-refractivity contribution is 0.377. The lowest BCUT2D eigenvalue weighted by atomic mass is 9.92. The van der Waals surface area contributed by atoms with Crippen molar-refractivity contribution in [3.05, 3.63) is 66.5 Å². The molecule has 1 aliphatic heterocycles. The van der Waals surface area contributed by atoms with E-state index in [1.54, 1.807) is 22.3 Å². The van der Waals surface area contributed by atoms with Gasteiger partial charge in [0.2, 0.25) is 10.0 Å². The Labute approximate surface area is 190 Å². The summed E-state index contributed by atoms with van der Waals surface area (Å²) in [6.07, 6.45) is 1.65. The third-order valence-corrected chi connectivity index (χ3v) is 7.59. The number of methoxy groups -OCH3 is 1. The van der Waals surface area contributed by atoms with Gasteiger partial charge in [-0.25, -0.2) is 13.1 Å². The van der Waals surface area contributed by atoms with E-state index in [0.29, 0.717) is 31.9 Å². The first-order chi connectivity index (χ1) is 15.2. The summed E-state index contributed by atoms with van der Waals surface area (Å²) >= 11 is 0. The molecule has 1 aromatic heterocycles. The SMILES string of the molecule is COc1ccccc1N1CCN(S(=O)(=O)c2cn(-c3ccccc3)nc2C(C)(C)C)CC1. The van der Waals surface area contributed by atoms with E-state index in [9.17, 15) is 8.42 Å². The zero-order chi connectivity index (χ0) is 22.9. The smallest absolute Gasteiger partial charge is 0.246 e. The van der Waals surface area contributed by atoms with Crippen molar-refractivity contribution in [2.24, 2.45) is 0 Å². The molecule has 2 heterocycles. The van der Waals surface area contributed by atoms with E-state index in [2.05, 4.69) is 10.00 Å². The van der Waals surface area contributed by atoms with Crippen LogP contribution in [0.1, 0.15) is 26.5 Å². The second-order valence-electron chi connectivity index (χ2n) is 8.94. The number of aromatic nitrogens is 2. The van der Waals surface area contributed by atoms with E-state index >= 15 is 0 Å². The summed E-state index contributed by atoms with van der Waals surface area (Å²) in [7, 11) is -2.04. The first-order valence-corrected chi connectivity index (χ1v) is 12.2. The molecule has 0 unspecified atom stereocenters. The van der Waals surface area contributed by atoms with Crippen LogP contribution in [-0.4, -0.2) is 55.8 Å². The highest BCUT2D eigenvalue weighted by Crippen LogP contribution is 2.33. The van der Waals surface area contributed by atoms with Gasteiger partial charge in [-0.15, -0.1) is 0 Å². The molecule has 8 heteroatoms. The van der Waals surface area contributed by atoms with Crippen LogP contribution in [0.3, 0.4) is 0 Å². The summed E-state index contributed by atoms with van der Waals surface area (Å²) in [5.41, 5.74) is 1.98. The quantitative estimate of drug-likeness (QED) is 0.588. The topological polar surface area (TPSA) is 67.7 Å². The number of piperazine rings is 1. The van der Waals surface area contributed by atoms with Crippen LogP contribution in [-0.2, 0) is 15.4 Å². The van der Waals surface area contributed by atoms with Gasteiger partial charge in [0, 0.05) is 31.6 Å². The van der Waals surface area contributed by atoms with Crippen molar-refractivity contribution in [2.75, 3.05) is 38.2 Å². The van der Waals surface area contributed by atoms with Crippen LogP contribution >= 0.6 is 0 Å². The van der Waals surface area contributed by atoms with E-state index in [1.165, 1.54) is 0 Å². The van der Waals surface area contributed by atoms with E-state index < -0.39 is 15.4 Å². The fraction of sp³-hybridized carbons (Fsp3) is 0.375. The van der Waals surface area contributed by atoms with E-state index in [-0.39, 0.29) is 4.90 Å². The van der Waals surface area contributed by atoms with Crippen molar-refractivity contribution in [2.45, 2.75) is 31.1 Å². The van der Waals surface area contributed by atoms with E-state index in [0.717, 1.165) is 17.1 Å². The van der Waals surface area contributed by atoms with Gasteiger partial charge in [-0.1, -0.05) is 51.1 Å². The monoisotopic (exact) mass is 454 g/mol. The molecule has 0 aliphatic carbocycles.